The molecule has 4 nitrogen and oxygen atoms in total. The minimum absolute atomic E-state index is 0.0176. The standard InChI is InChI=1S/C7H11N3O/c1-10-6(4-11)8-9-7(10)5-2-3-5/h5,11H,2-4H2,1H3. The van der Waals surface area contributed by atoms with E-state index >= 15 is 0 Å². The van der Waals surface area contributed by atoms with Crippen LogP contribution in [0.1, 0.15) is 30.4 Å². The van der Waals surface area contributed by atoms with Crippen molar-refractivity contribution in [2.75, 3.05) is 0 Å². The van der Waals surface area contributed by atoms with Crippen LogP contribution in [0.25, 0.3) is 0 Å². The van der Waals surface area contributed by atoms with Gasteiger partial charge in [-0.2, -0.15) is 0 Å². The number of rotatable bonds is 2. The molecule has 0 atom stereocenters. The lowest BCUT2D eigenvalue weighted by molar-refractivity contribution is 0.266. The van der Waals surface area contributed by atoms with Gasteiger partial charge in [0.05, 0.1) is 0 Å². The number of aliphatic hydroxyl groups is 1. The highest BCUT2D eigenvalue weighted by atomic mass is 16.3. The molecule has 0 saturated heterocycles. The van der Waals surface area contributed by atoms with Crippen LogP contribution in [0.4, 0.5) is 0 Å². The Labute approximate surface area is 64.9 Å². The van der Waals surface area contributed by atoms with Gasteiger partial charge in [-0.3, -0.25) is 0 Å². The quantitative estimate of drug-likeness (QED) is 0.659. The summed E-state index contributed by atoms with van der Waals surface area (Å²) in [5.41, 5.74) is 0. The Kier molecular flexibility index (Phi) is 1.42. The lowest BCUT2D eigenvalue weighted by Gasteiger charge is -1.98. The third kappa shape index (κ3) is 1.03. The molecule has 2 rings (SSSR count). The summed E-state index contributed by atoms with van der Waals surface area (Å²) in [6, 6.07) is 0. The Bertz CT molecular complexity index is 265. The highest BCUT2D eigenvalue weighted by Gasteiger charge is 2.28. The minimum atomic E-state index is -0.0176. The Balaban J connectivity index is 2.33. The van der Waals surface area contributed by atoms with Crippen molar-refractivity contribution in [2.24, 2.45) is 7.05 Å². The monoisotopic (exact) mass is 153 g/mol. The van der Waals surface area contributed by atoms with Gasteiger partial charge in [-0.05, 0) is 12.8 Å². The molecule has 0 spiro atoms. The van der Waals surface area contributed by atoms with Gasteiger partial charge in [0.2, 0.25) is 0 Å². The van der Waals surface area contributed by atoms with Crippen LogP contribution >= 0.6 is 0 Å². The molecular formula is C7H11N3O. The van der Waals surface area contributed by atoms with Crippen molar-refractivity contribution in [2.45, 2.75) is 25.4 Å². The molecule has 1 aromatic heterocycles. The molecule has 0 unspecified atom stereocenters. The van der Waals surface area contributed by atoms with E-state index in [9.17, 15) is 0 Å². The third-order valence-electron chi connectivity index (χ3n) is 2.08. The maximum atomic E-state index is 8.81. The molecule has 1 aliphatic carbocycles. The number of hydrogen-bond donors (Lipinski definition) is 1. The molecule has 0 bridgehead atoms. The third-order valence-corrected chi connectivity index (χ3v) is 2.08. The molecule has 4 heteroatoms. The van der Waals surface area contributed by atoms with E-state index in [2.05, 4.69) is 10.2 Å². The smallest absolute Gasteiger partial charge is 0.158 e. The second kappa shape index (κ2) is 2.30. The van der Waals surface area contributed by atoms with E-state index < -0.39 is 0 Å². The summed E-state index contributed by atoms with van der Waals surface area (Å²) in [5, 5.41) is 16.7. The van der Waals surface area contributed by atoms with Crippen molar-refractivity contribution in [3.63, 3.8) is 0 Å². The average Bonchev–Trinajstić information content (AvgIpc) is 2.77. The molecule has 0 radical (unpaired) electrons. The Morgan fingerprint density at radius 1 is 1.55 bits per heavy atom. The molecular weight excluding hydrogens is 142 g/mol. The second-order valence-corrected chi connectivity index (χ2v) is 2.97. The zero-order valence-electron chi connectivity index (χ0n) is 6.49. The topological polar surface area (TPSA) is 50.9 Å². The SMILES string of the molecule is Cn1c(CO)nnc1C1CC1. The molecule has 1 N–H and O–H groups in total. The fourth-order valence-electron chi connectivity index (χ4n) is 1.21. The molecule has 1 aliphatic rings. The van der Waals surface area contributed by atoms with Crippen LogP contribution in [-0.2, 0) is 13.7 Å². The van der Waals surface area contributed by atoms with E-state index in [1.54, 1.807) is 0 Å². The minimum Gasteiger partial charge on any atom is -0.388 e. The zero-order chi connectivity index (χ0) is 7.84. The first-order chi connectivity index (χ1) is 5.33. The first-order valence-electron chi connectivity index (χ1n) is 3.82. The van der Waals surface area contributed by atoms with Crippen LogP contribution in [0, 0.1) is 0 Å². The normalized spacial score (nSPS) is 17.3. The van der Waals surface area contributed by atoms with Crippen molar-refractivity contribution < 1.29 is 5.11 Å². The van der Waals surface area contributed by atoms with Crippen LogP contribution in [0.3, 0.4) is 0 Å². The average molecular weight is 153 g/mol. The summed E-state index contributed by atoms with van der Waals surface area (Å²) in [4.78, 5) is 0. The van der Waals surface area contributed by atoms with Crippen LogP contribution in [0.15, 0.2) is 0 Å². The van der Waals surface area contributed by atoms with Crippen molar-refractivity contribution in [1.29, 1.82) is 0 Å². The summed E-state index contributed by atoms with van der Waals surface area (Å²) in [7, 11) is 1.90. The largest absolute Gasteiger partial charge is 0.388 e. The van der Waals surface area contributed by atoms with E-state index in [1.807, 2.05) is 11.6 Å². The molecule has 60 valence electrons. The van der Waals surface area contributed by atoms with E-state index in [1.165, 1.54) is 12.8 Å². The highest BCUT2D eigenvalue weighted by Crippen LogP contribution is 2.38. The summed E-state index contributed by atoms with van der Waals surface area (Å²) in [6.45, 7) is -0.0176. The number of aromatic nitrogens is 3. The van der Waals surface area contributed by atoms with Crippen LogP contribution < -0.4 is 0 Å². The zero-order valence-corrected chi connectivity index (χ0v) is 6.49. The molecule has 1 saturated carbocycles. The van der Waals surface area contributed by atoms with Gasteiger partial charge in [0.1, 0.15) is 12.4 Å². The van der Waals surface area contributed by atoms with Gasteiger partial charge in [-0.25, -0.2) is 0 Å². The van der Waals surface area contributed by atoms with Gasteiger partial charge in [-0.15, -0.1) is 10.2 Å². The molecule has 0 amide bonds. The molecule has 11 heavy (non-hydrogen) atoms. The lowest BCUT2D eigenvalue weighted by atomic mass is 10.4. The van der Waals surface area contributed by atoms with Crippen molar-refractivity contribution in [3.05, 3.63) is 11.6 Å². The Hall–Kier alpha value is -0.900. The van der Waals surface area contributed by atoms with Crippen LogP contribution in [0.2, 0.25) is 0 Å². The van der Waals surface area contributed by atoms with Gasteiger partial charge in [-0.1, -0.05) is 0 Å². The fourth-order valence-corrected chi connectivity index (χ4v) is 1.21. The van der Waals surface area contributed by atoms with Gasteiger partial charge in [0, 0.05) is 13.0 Å². The maximum Gasteiger partial charge on any atom is 0.158 e. The van der Waals surface area contributed by atoms with E-state index in [0.717, 1.165) is 5.82 Å². The van der Waals surface area contributed by atoms with Gasteiger partial charge < -0.3 is 9.67 Å². The summed E-state index contributed by atoms with van der Waals surface area (Å²) >= 11 is 0. The van der Waals surface area contributed by atoms with Crippen LogP contribution in [-0.4, -0.2) is 19.9 Å². The molecule has 1 heterocycles. The maximum absolute atomic E-state index is 8.81. The van der Waals surface area contributed by atoms with Crippen LogP contribution in [0.5, 0.6) is 0 Å². The number of aliphatic hydroxyl groups excluding tert-OH is 1. The predicted octanol–water partition coefficient (Wildman–Crippen LogP) is 0.185. The van der Waals surface area contributed by atoms with E-state index in [-0.39, 0.29) is 6.61 Å². The van der Waals surface area contributed by atoms with E-state index in [4.69, 9.17) is 5.11 Å². The van der Waals surface area contributed by atoms with E-state index in [0.29, 0.717) is 11.7 Å². The highest BCUT2D eigenvalue weighted by molar-refractivity contribution is 5.07. The van der Waals surface area contributed by atoms with Gasteiger partial charge in [0.15, 0.2) is 5.82 Å². The molecule has 1 fully saturated rings. The van der Waals surface area contributed by atoms with Crippen molar-refractivity contribution in [1.82, 2.24) is 14.8 Å². The number of hydrogen-bond acceptors (Lipinski definition) is 3. The predicted molar refractivity (Wildman–Crippen MR) is 38.9 cm³/mol. The first kappa shape index (κ1) is 6.79. The second-order valence-electron chi connectivity index (χ2n) is 2.97. The number of nitrogens with zero attached hydrogens (tertiary/aromatic N) is 3. The van der Waals surface area contributed by atoms with Gasteiger partial charge >= 0.3 is 0 Å². The summed E-state index contributed by atoms with van der Waals surface area (Å²) in [6.07, 6.45) is 2.44. The van der Waals surface area contributed by atoms with Gasteiger partial charge in [0.25, 0.3) is 0 Å². The lowest BCUT2D eigenvalue weighted by Crippen LogP contribution is -2.00. The Morgan fingerprint density at radius 3 is 2.73 bits per heavy atom. The molecule has 0 aromatic carbocycles. The Morgan fingerprint density at radius 2 is 2.27 bits per heavy atom. The summed E-state index contributed by atoms with van der Waals surface area (Å²) in [5.74, 6) is 2.29. The van der Waals surface area contributed by atoms with Crippen molar-refractivity contribution in [3.8, 4) is 0 Å². The first-order valence-corrected chi connectivity index (χ1v) is 3.82. The molecule has 0 aliphatic heterocycles. The fraction of sp³-hybridized carbons (Fsp3) is 0.714. The molecule has 1 aromatic rings. The van der Waals surface area contributed by atoms with Crippen molar-refractivity contribution >= 4 is 0 Å². The summed E-state index contributed by atoms with van der Waals surface area (Å²) < 4.78 is 1.89.